The number of rotatable bonds is 9. The molecule has 4 rings (SSSR count). The number of benzene rings is 2. The zero-order chi connectivity index (χ0) is 24.1. The second-order valence-electron chi connectivity index (χ2n) is 7.64. The van der Waals surface area contributed by atoms with Crippen LogP contribution in [0, 0.1) is 0 Å². The molecule has 0 radical (unpaired) electrons. The number of thiophene rings is 2. The maximum absolute atomic E-state index is 13.4. The van der Waals surface area contributed by atoms with Gasteiger partial charge in [-0.1, -0.05) is 43.7 Å². The third-order valence-corrected chi connectivity index (χ3v) is 7.49. The van der Waals surface area contributed by atoms with Crippen LogP contribution in [0.4, 0.5) is 5.00 Å². The second-order valence-corrected chi connectivity index (χ2v) is 9.57. The molecule has 34 heavy (non-hydrogen) atoms. The predicted octanol–water partition coefficient (Wildman–Crippen LogP) is 7.41. The lowest BCUT2D eigenvalue weighted by Crippen LogP contribution is -2.15. The van der Waals surface area contributed by atoms with Crippen LogP contribution < -0.4 is 10.1 Å². The van der Waals surface area contributed by atoms with E-state index in [2.05, 4.69) is 18.3 Å². The summed E-state index contributed by atoms with van der Waals surface area (Å²) < 4.78 is 12.0. The van der Waals surface area contributed by atoms with E-state index in [9.17, 15) is 9.59 Å². The van der Waals surface area contributed by atoms with Crippen LogP contribution in [0.3, 0.4) is 0 Å². The Morgan fingerprint density at radius 1 is 0.971 bits per heavy atom. The first-order valence-corrected chi connectivity index (χ1v) is 13.1. The molecule has 0 saturated heterocycles. The Morgan fingerprint density at radius 3 is 2.44 bits per heavy atom. The zero-order valence-electron chi connectivity index (χ0n) is 19.5. The molecule has 2 aromatic carbocycles. The number of esters is 1. The van der Waals surface area contributed by atoms with Crippen molar-refractivity contribution >= 4 is 49.6 Å². The van der Waals surface area contributed by atoms with E-state index < -0.39 is 5.97 Å². The SMILES string of the molecule is CCCc1c(C(=O)Nc2scc(-c3ccc(OCC)cc3)c2C(=O)OCC)sc2ccccc12. The predicted molar refractivity (Wildman–Crippen MR) is 141 cm³/mol. The van der Waals surface area contributed by atoms with E-state index in [0.717, 1.165) is 45.4 Å². The molecule has 5 nitrogen and oxygen atoms in total. The topological polar surface area (TPSA) is 64.6 Å². The van der Waals surface area contributed by atoms with Crippen molar-refractivity contribution in [2.24, 2.45) is 0 Å². The highest BCUT2D eigenvalue weighted by molar-refractivity contribution is 7.21. The number of carbonyl (C=O) groups is 2. The molecular weight excluding hydrogens is 466 g/mol. The first-order valence-electron chi connectivity index (χ1n) is 11.4. The lowest BCUT2D eigenvalue weighted by Gasteiger charge is -2.10. The molecule has 2 heterocycles. The first kappa shape index (κ1) is 24.0. The smallest absolute Gasteiger partial charge is 0.341 e. The van der Waals surface area contributed by atoms with Crippen molar-refractivity contribution < 1.29 is 19.1 Å². The molecule has 0 aliphatic heterocycles. The Bertz CT molecular complexity index is 1300. The van der Waals surface area contributed by atoms with Gasteiger partial charge in [-0.25, -0.2) is 4.79 Å². The average molecular weight is 494 g/mol. The van der Waals surface area contributed by atoms with Crippen LogP contribution in [-0.2, 0) is 11.2 Å². The molecule has 0 unspecified atom stereocenters. The molecule has 0 atom stereocenters. The third kappa shape index (κ3) is 4.86. The van der Waals surface area contributed by atoms with Gasteiger partial charge in [0.1, 0.15) is 16.3 Å². The standard InChI is InChI=1S/C27H27NO4S2/c1-4-9-20-19-10-7-8-11-22(19)34-24(20)25(29)28-26-23(27(30)32-6-3)21(16-33-26)17-12-14-18(15-13-17)31-5-2/h7-8,10-16H,4-6,9H2,1-3H3,(H,28,29). The van der Waals surface area contributed by atoms with Gasteiger partial charge in [-0.2, -0.15) is 0 Å². The first-order chi connectivity index (χ1) is 16.6. The van der Waals surface area contributed by atoms with Crippen molar-refractivity contribution in [1.29, 1.82) is 0 Å². The minimum absolute atomic E-state index is 0.199. The number of nitrogens with one attached hydrogen (secondary N) is 1. The summed E-state index contributed by atoms with van der Waals surface area (Å²) in [5.41, 5.74) is 3.02. The highest BCUT2D eigenvalue weighted by Gasteiger charge is 2.25. The lowest BCUT2D eigenvalue weighted by molar-refractivity contribution is 0.0529. The Morgan fingerprint density at radius 2 is 1.74 bits per heavy atom. The van der Waals surface area contributed by atoms with Crippen LogP contribution in [0.15, 0.2) is 53.9 Å². The Balaban J connectivity index is 1.71. The molecule has 1 amide bonds. The van der Waals surface area contributed by atoms with Gasteiger partial charge in [-0.3, -0.25) is 4.79 Å². The number of ether oxygens (including phenoxy) is 2. The van der Waals surface area contributed by atoms with Crippen molar-refractivity contribution in [3.05, 3.63) is 69.9 Å². The van der Waals surface area contributed by atoms with E-state index >= 15 is 0 Å². The zero-order valence-corrected chi connectivity index (χ0v) is 21.1. The number of amides is 1. The van der Waals surface area contributed by atoms with Crippen LogP contribution in [0.25, 0.3) is 21.2 Å². The molecule has 7 heteroatoms. The van der Waals surface area contributed by atoms with Crippen molar-refractivity contribution in [3.63, 3.8) is 0 Å². The highest BCUT2D eigenvalue weighted by atomic mass is 32.1. The van der Waals surface area contributed by atoms with E-state index in [1.165, 1.54) is 22.7 Å². The summed E-state index contributed by atoms with van der Waals surface area (Å²) >= 11 is 2.82. The summed E-state index contributed by atoms with van der Waals surface area (Å²) in [5.74, 6) is 0.115. The van der Waals surface area contributed by atoms with Gasteiger partial charge in [0.15, 0.2) is 0 Å². The van der Waals surface area contributed by atoms with Crippen LogP contribution >= 0.6 is 22.7 Å². The fraction of sp³-hybridized carbons (Fsp3) is 0.259. The summed E-state index contributed by atoms with van der Waals surface area (Å²) in [7, 11) is 0. The fourth-order valence-electron chi connectivity index (χ4n) is 3.91. The van der Waals surface area contributed by atoms with E-state index in [-0.39, 0.29) is 12.5 Å². The van der Waals surface area contributed by atoms with E-state index in [1.54, 1.807) is 6.92 Å². The molecule has 2 aromatic heterocycles. The van der Waals surface area contributed by atoms with E-state index in [4.69, 9.17) is 9.47 Å². The van der Waals surface area contributed by atoms with Gasteiger partial charge in [0, 0.05) is 15.6 Å². The number of hydrogen-bond donors (Lipinski definition) is 1. The number of anilines is 1. The second kappa shape index (κ2) is 10.8. The number of carbonyl (C=O) groups excluding carboxylic acids is 2. The summed E-state index contributed by atoms with van der Waals surface area (Å²) in [4.78, 5) is 27.0. The summed E-state index contributed by atoms with van der Waals surface area (Å²) in [6, 6.07) is 15.6. The van der Waals surface area contributed by atoms with Gasteiger partial charge in [0.25, 0.3) is 5.91 Å². The van der Waals surface area contributed by atoms with Gasteiger partial charge in [0.05, 0.1) is 18.1 Å². The van der Waals surface area contributed by atoms with E-state index in [0.29, 0.717) is 22.0 Å². The Hall–Kier alpha value is -3.16. The van der Waals surface area contributed by atoms with Gasteiger partial charge in [-0.15, -0.1) is 22.7 Å². The summed E-state index contributed by atoms with van der Waals surface area (Å²) in [6.45, 7) is 6.65. The Kier molecular flexibility index (Phi) is 7.65. The molecule has 0 aliphatic carbocycles. The van der Waals surface area contributed by atoms with Gasteiger partial charge < -0.3 is 14.8 Å². The molecular formula is C27H27NO4S2. The van der Waals surface area contributed by atoms with Crippen LogP contribution in [0.2, 0.25) is 0 Å². The largest absolute Gasteiger partial charge is 0.494 e. The normalized spacial score (nSPS) is 10.9. The Labute approximate surface area is 207 Å². The number of hydrogen-bond acceptors (Lipinski definition) is 6. The van der Waals surface area contributed by atoms with Crippen LogP contribution in [0.5, 0.6) is 5.75 Å². The van der Waals surface area contributed by atoms with Crippen LogP contribution in [-0.4, -0.2) is 25.1 Å². The molecule has 0 bridgehead atoms. The molecule has 4 aromatic rings. The quantitative estimate of drug-likeness (QED) is 0.247. The highest BCUT2D eigenvalue weighted by Crippen LogP contribution is 2.38. The van der Waals surface area contributed by atoms with Crippen molar-refractivity contribution in [2.75, 3.05) is 18.5 Å². The minimum Gasteiger partial charge on any atom is -0.494 e. The van der Waals surface area contributed by atoms with Gasteiger partial charge in [0.2, 0.25) is 0 Å². The lowest BCUT2D eigenvalue weighted by atomic mass is 10.0. The molecule has 0 saturated carbocycles. The molecule has 0 spiro atoms. The van der Waals surface area contributed by atoms with Gasteiger partial charge in [-0.05, 0) is 55.0 Å². The monoisotopic (exact) mass is 493 g/mol. The average Bonchev–Trinajstić information content (AvgIpc) is 3.42. The fourth-order valence-corrected chi connectivity index (χ4v) is 6.01. The van der Waals surface area contributed by atoms with Crippen molar-refractivity contribution in [3.8, 4) is 16.9 Å². The van der Waals surface area contributed by atoms with Crippen molar-refractivity contribution in [2.45, 2.75) is 33.6 Å². The van der Waals surface area contributed by atoms with Crippen LogP contribution in [0.1, 0.15) is 52.8 Å². The summed E-state index contributed by atoms with van der Waals surface area (Å²) in [6.07, 6.45) is 1.76. The molecule has 0 aliphatic rings. The molecule has 176 valence electrons. The number of fused-ring (bicyclic) bond motifs is 1. The maximum atomic E-state index is 13.4. The number of aryl methyl sites for hydroxylation is 1. The minimum atomic E-state index is -0.451. The third-order valence-electron chi connectivity index (χ3n) is 5.38. The molecule has 1 N–H and O–H groups in total. The molecule has 0 fully saturated rings. The van der Waals surface area contributed by atoms with Crippen molar-refractivity contribution in [1.82, 2.24) is 0 Å². The van der Waals surface area contributed by atoms with Gasteiger partial charge >= 0.3 is 5.97 Å². The summed E-state index contributed by atoms with van der Waals surface area (Å²) in [5, 5.41) is 6.51. The van der Waals surface area contributed by atoms with E-state index in [1.807, 2.05) is 54.8 Å². The maximum Gasteiger partial charge on any atom is 0.341 e.